The molecule has 1 saturated carbocycles. The Morgan fingerprint density at radius 1 is 1.18 bits per heavy atom. The molecule has 6 nitrogen and oxygen atoms in total. The molecule has 0 aromatic carbocycles. The van der Waals surface area contributed by atoms with Gasteiger partial charge in [-0.05, 0) is 44.4 Å². The highest BCUT2D eigenvalue weighted by atomic mass is 127. The van der Waals surface area contributed by atoms with Gasteiger partial charge >= 0.3 is 0 Å². The lowest BCUT2D eigenvalue weighted by Crippen LogP contribution is -2.42. The molecule has 0 radical (unpaired) electrons. The zero-order valence-electron chi connectivity index (χ0n) is 18.0. The number of nitrogens with one attached hydrogen (secondary N) is 1. The van der Waals surface area contributed by atoms with Gasteiger partial charge in [-0.25, -0.2) is 0 Å². The summed E-state index contributed by atoms with van der Waals surface area (Å²) in [5.74, 6) is 5.03. The molecular weight excluding hydrogens is 463 g/mol. The Hall–Kier alpha value is -0.860. The minimum absolute atomic E-state index is 0. The zero-order valence-corrected chi connectivity index (χ0v) is 20.3. The molecule has 1 aromatic heterocycles. The summed E-state index contributed by atoms with van der Waals surface area (Å²) in [7, 11) is 2.18. The number of hydrogen-bond donors (Lipinski definition) is 1. The lowest BCUT2D eigenvalue weighted by molar-refractivity contribution is 0.250. The minimum Gasteiger partial charge on any atom is -0.357 e. The van der Waals surface area contributed by atoms with Crippen molar-refractivity contribution < 1.29 is 0 Å². The number of aliphatic imine (C=N–C) groups is 1. The first-order valence-electron chi connectivity index (χ1n) is 11.1. The van der Waals surface area contributed by atoms with Crippen LogP contribution in [0, 0.1) is 11.8 Å². The predicted molar refractivity (Wildman–Crippen MR) is 126 cm³/mol. The molecule has 0 saturated heterocycles. The number of guanidine groups is 1. The first-order chi connectivity index (χ1) is 13.2. The number of halogens is 1. The first-order valence-corrected chi connectivity index (χ1v) is 11.1. The van der Waals surface area contributed by atoms with Gasteiger partial charge in [-0.1, -0.05) is 26.2 Å². The number of aromatic nitrogens is 3. The topological polar surface area (TPSA) is 58.3 Å². The van der Waals surface area contributed by atoms with Crippen molar-refractivity contribution in [1.29, 1.82) is 0 Å². The van der Waals surface area contributed by atoms with Crippen LogP contribution in [0.5, 0.6) is 0 Å². The lowest BCUT2D eigenvalue weighted by atomic mass is 9.83. The van der Waals surface area contributed by atoms with Crippen molar-refractivity contribution in [3.05, 3.63) is 11.6 Å². The van der Waals surface area contributed by atoms with Crippen LogP contribution in [-0.4, -0.2) is 52.3 Å². The van der Waals surface area contributed by atoms with Crippen molar-refractivity contribution in [1.82, 2.24) is 25.0 Å². The van der Waals surface area contributed by atoms with Crippen LogP contribution in [-0.2, 0) is 19.4 Å². The highest BCUT2D eigenvalue weighted by Gasteiger charge is 2.20. The fourth-order valence-corrected chi connectivity index (χ4v) is 4.45. The van der Waals surface area contributed by atoms with E-state index in [1.54, 1.807) is 0 Å². The van der Waals surface area contributed by atoms with E-state index in [2.05, 4.69) is 45.9 Å². The Morgan fingerprint density at radius 3 is 2.71 bits per heavy atom. The average Bonchev–Trinajstić information content (AvgIpc) is 2.89. The molecule has 28 heavy (non-hydrogen) atoms. The molecule has 0 spiro atoms. The van der Waals surface area contributed by atoms with Gasteiger partial charge in [0.1, 0.15) is 11.6 Å². The molecule has 0 unspecified atom stereocenters. The monoisotopic (exact) mass is 502 g/mol. The molecule has 1 N–H and O–H groups in total. The number of hydrogen-bond acceptors (Lipinski definition) is 3. The third-order valence-electron chi connectivity index (χ3n) is 6.15. The Morgan fingerprint density at radius 2 is 1.96 bits per heavy atom. The standard InChI is InChI=1S/C21H38N6.HI/c1-4-22-21(26(3)16-18-11-9-17(2)10-12-18)23-14-13-20-25-24-19-8-6-5-7-15-27(19)20;/h17-18H,4-16H2,1-3H3,(H,22,23);1H. The molecule has 1 aliphatic carbocycles. The Bertz CT molecular complexity index is 606. The molecule has 1 aliphatic heterocycles. The average molecular weight is 502 g/mol. The predicted octanol–water partition coefficient (Wildman–Crippen LogP) is 3.89. The summed E-state index contributed by atoms with van der Waals surface area (Å²) in [6.45, 7) is 8.39. The van der Waals surface area contributed by atoms with Gasteiger partial charge in [0.05, 0.1) is 0 Å². The van der Waals surface area contributed by atoms with Crippen LogP contribution in [0.25, 0.3) is 0 Å². The van der Waals surface area contributed by atoms with Crippen molar-refractivity contribution in [2.75, 3.05) is 26.7 Å². The molecule has 3 rings (SSSR count). The van der Waals surface area contributed by atoms with Crippen molar-refractivity contribution in [2.45, 2.75) is 78.2 Å². The Balaban J connectivity index is 0.00000280. The van der Waals surface area contributed by atoms with Crippen molar-refractivity contribution in [3.8, 4) is 0 Å². The van der Waals surface area contributed by atoms with E-state index in [-0.39, 0.29) is 24.0 Å². The van der Waals surface area contributed by atoms with Crippen LogP contribution < -0.4 is 5.32 Å². The summed E-state index contributed by atoms with van der Waals surface area (Å²) in [6, 6.07) is 0. The highest BCUT2D eigenvalue weighted by Crippen LogP contribution is 2.28. The largest absolute Gasteiger partial charge is 0.357 e. The Labute approximate surface area is 188 Å². The molecule has 160 valence electrons. The van der Waals surface area contributed by atoms with E-state index in [9.17, 15) is 0 Å². The summed E-state index contributed by atoms with van der Waals surface area (Å²) in [5.41, 5.74) is 0. The molecule has 1 aromatic rings. The lowest BCUT2D eigenvalue weighted by Gasteiger charge is -2.31. The van der Waals surface area contributed by atoms with Crippen LogP contribution in [0.3, 0.4) is 0 Å². The molecular formula is C21H39IN6. The van der Waals surface area contributed by atoms with E-state index in [1.165, 1.54) is 50.8 Å². The van der Waals surface area contributed by atoms with Crippen LogP contribution in [0.1, 0.15) is 70.4 Å². The zero-order chi connectivity index (χ0) is 19.1. The maximum Gasteiger partial charge on any atom is 0.193 e. The van der Waals surface area contributed by atoms with Gasteiger partial charge in [0.2, 0.25) is 0 Å². The van der Waals surface area contributed by atoms with Crippen LogP contribution in [0.2, 0.25) is 0 Å². The molecule has 1 fully saturated rings. The fourth-order valence-electron chi connectivity index (χ4n) is 4.45. The maximum atomic E-state index is 4.89. The van der Waals surface area contributed by atoms with E-state index in [1.807, 2.05) is 0 Å². The second kappa shape index (κ2) is 12.0. The van der Waals surface area contributed by atoms with E-state index in [4.69, 9.17) is 4.99 Å². The smallest absolute Gasteiger partial charge is 0.193 e. The maximum absolute atomic E-state index is 4.89. The first kappa shape index (κ1) is 23.4. The molecule has 0 atom stereocenters. The fraction of sp³-hybridized carbons (Fsp3) is 0.857. The third-order valence-corrected chi connectivity index (χ3v) is 6.15. The van der Waals surface area contributed by atoms with Crippen LogP contribution in [0.4, 0.5) is 0 Å². The van der Waals surface area contributed by atoms with E-state index >= 15 is 0 Å². The number of aryl methyl sites for hydroxylation is 1. The van der Waals surface area contributed by atoms with Crippen molar-refractivity contribution in [3.63, 3.8) is 0 Å². The van der Waals surface area contributed by atoms with Gasteiger partial charge in [-0.2, -0.15) is 0 Å². The van der Waals surface area contributed by atoms with E-state index in [0.29, 0.717) is 0 Å². The van der Waals surface area contributed by atoms with Gasteiger partial charge in [-0.15, -0.1) is 34.2 Å². The second-order valence-electron chi connectivity index (χ2n) is 8.49. The van der Waals surface area contributed by atoms with Crippen molar-refractivity contribution in [2.24, 2.45) is 16.8 Å². The molecule has 2 aliphatic rings. The van der Waals surface area contributed by atoms with E-state index in [0.717, 1.165) is 62.6 Å². The highest BCUT2D eigenvalue weighted by molar-refractivity contribution is 14.0. The summed E-state index contributed by atoms with van der Waals surface area (Å²) in [5, 5.41) is 12.3. The minimum atomic E-state index is 0. The summed E-state index contributed by atoms with van der Waals surface area (Å²) in [4.78, 5) is 7.22. The molecule has 0 amide bonds. The summed E-state index contributed by atoms with van der Waals surface area (Å²) in [6.07, 6.45) is 11.2. The number of nitrogens with zero attached hydrogens (tertiary/aromatic N) is 5. The van der Waals surface area contributed by atoms with Gasteiger partial charge < -0.3 is 14.8 Å². The quantitative estimate of drug-likeness (QED) is 0.365. The van der Waals surface area contributed by atoms with E-state index < -0.39 is 0 Å². The Kier molecular flexibility index (Phi) is 10.0. The third kappa shape index (κ3) is 6.59. The number of fused-ring (bicyclic) bond motifs is 1. The van der Waals surface area contributed by atoms with Gasteiger partial charge in [0.15, 0.2) is 5.96 Å². The normalized spacial score (nSPS) is 22.8. The van der Waals surface area contributed by atoms with Gasteiger partial charge in [-0.3, -0.25) is 4.99 Å². The van der Waals surface area contributed by atoms with Crippen LogP contribution >= 0.6 is 24.0 Å². The molecule has 2 heterocycles. The second-order valence-corrected chi connectivity index (χ2v) is 8.49. The van der Waals surface area contributed by atoms with Crippen LogP contribution in [0.15, 0.2) is 4.99 Å². The summed E-state index contributed by atoms with van der Waals surface area (Å²) < 4.78 is 2.34. The van der Waals surface area contributed by atoms with Crippen molar-refractivity contribution >= 4 is 29.9 Å². The molecule has 7 heteroatoms. The number of rotatable bonds is 6. The van der Waals surface area contributed by atoms with Gasteiger partial charge in [0.25, 0.3) is 0 Å². The summed E-state index contributed by atoms with van der Waals surface area (Å²) >= 11 is 0. The van der Waals surface area contributed by atoms with Gasteiger partial charge in [0, 0.05) is 46.1 Å². The molecule has 0 bridgehead atoms. The SMILES string of the molecule is CCNC(=NCCc1nnc2n1CCCCC2)N(C)CC1CCC(C)CC1.I.